The molecule has 0 aliphatic heterocycles. The van der Waals surface area contributed by atoms with Crippen LogP contribution < -0.4 is 11.5 Å². The van der Waals surface area contributed by atoms with E-state index in [0.29, 0.717) is 0 Å². The monoisotopic (exact) mass is 234 g/mol. The highest BCUT2D eigenvalue weighted by molar-refractivity contribution is 5.48. The number of benzene rings is 1. The van der Waals surface area contributed by atoms with E-state index in [1.165, 1.54) is 13.0 Å². The minimum atomic E-state index is -3.66. The Balaban J connectivity index is 3.41. The molecule has 0 aliphatic rings. The number of alkyl halides is 2. The van der Waals surface area contributed by atoms with E-state index >= 15 is 0 Å². The molecular formula is C10H13F3N2O. The number of aliphatic hydroxyl groups excluding tert-OH is 1. The summed E-state index contributed by atoms with van der Waals surface area (Å²) in [6, 6.07) is 1.26. The molecule has 5 N–H and O–H groups in total. The third-order valence-electron chi connectivity index (χ3n) is 2.21. The molecule has 6 heteroatoms. The van der Waals surface area contributed by atoms with Gasteiger partial charge in [-0.05, 0) is 19.1 Å². The number of hydrogen-bond donors (Lipinski definition) is 3. The molecule has 1 rings (SSSR count). The minimum Gasteiger partial charge on any atom is -0.399 e. The molecule has 0 radical (unpaired) electrons. The first-order chi connectivity index (χ1) is 7.29. The van der Waals surface area contributed by atoms with Crippen molar-refractivity contribution in [2.75, 3.05) is 12.3 Å². The summed E-state index contributed by atoms with van der Waals surface area (Å²) < 4.78 is 40.0. The SMILES string of the molecule is C[C@@H](N)c1cc(N)cc(C(F)(F)CO)c1F. The van der Waals surface area contributed by atoms with Gasteiger partial charge in [0.1, 0.15) is 12.4 Å². The van der Waals surface area contributed by atoms with E-state index in [9.17, 15) is 13.2 Å². The average molecular weight is 234 g/mol. The molecule has 90 valence electrons. The number of nitrogens with two attached hydrogens (primary N) is 2. The fraction of sp³-hybridized carbons (Fsp3) is 0.400. The Morgan fingerprint density at radius 1 is 1.44 bits per heavy atom. The molecule has 0 unspecified atom stereocenters. The first-order valence-electron chi connectivity index (χ1n) is 4.63. The molecule has 3 nitrogen and oxygen atoms in total. The van der Waals surface area contributed by atoms with Crippen LogP contribution in [0.25, 0.3) is 0 Å². The molecule has 16 heavy (non-hydrogen) atoms. The van der Waals surface area contributed by atoms with Crippen LogP contribution in [0.4, 0.5) is 18.9 Å². The van der Waals surface area contributed by atoms with Crippen molar-refractivity contribution >= 4 is 5.69 Å². The second-order valence-electron chi connectivity index (χ2n) is 3.62. The second-order valence-corrected chi connectivity index (χ2v) is 3.62. The van der Waals surface area contributed by atoms with Gasteiger partial charge in [0.15, 0.2) is 0 Å². The van der Waals surface area contributed by atoms with Crippen LogP contribution in [0.3, 0.4) is 0 Å². The van der Waals surface area contributed by atoms with E-state index in [1.54, 1.807) is 0 Å². The van der Waals surface area contributed by atoms with Gasteiger partial charge in [-0.3, -0.25) is 0 Å². The largest absolute Gasteiger partial charge is 0.399 e. The van der Waals surface area contributed by atoms with Crippen LogP contribution in [0, 0.1) is 5.82 Å². The predicted octanol–water partition coefficient (Wildman–Crippen LogP) is 1.51. The summed E-state index contributed by atoms with van der Waals surface area (Å²) in [4.78, 5) is 0. The molecule has 1 atom stereocenters. The number of anilines is 1. The molecule has 0 fully saturated rings. The summed E-state index contributed by atoms with van der Waals surface area (Å²) >= 11 is 0. The van der Waals surface area contributed by atoms with Crippen LogP contribution >= 0.6 is 0 Å². The van der Waals surface area contributed by atoms with Crippen molar-refractivity contribution in [3.8, 4) is 0 Å². The molecule has 0 bridgehead atoms. The molecule has 0 amide bonds. The molecule has 1 aromatic rings. The lowest BCUT2D eigenvalue weighted by Crippen LogP contribution is -2.22. The lowest BCUT2D eigenvalue weighted by Gasteiger charge is -2.18. The van der Waals surface area contributed by atoms with Crippen molar-refractivity contribution in [1.29, 1.82) is 0 Å². The number of nitrogen functional groups attached to an aromatic ring is 1. The van der Waals surface area contributed by atoms with Gasteiger partial charge < -0.3 is 16.6 Å². The third kappa shape index (κ3) is 2.28. The fourth-order valence-electron chi connectivity index (χ4n) is 1.35. The van der Waals surface area contributed by atoms with E-state index in [1.807, 2.05) is 0 Å². The smallest absolute Gasteiger partial charge is 0.298 e. The van der Waals surface area contributed by atoms with Crippen molar-refractivity contribution in [2.45, 2.75) is 18.9 Å². The highest BCUT2D eigenvalue weighted by atomic mass is 19.3. The van der Waals surface area contributed by atoms with Gasteiger partial charge >= 0.3 is 0 Å². The van der Waals surface area contributed by atoms with Crippen LogP contribution in [0.5, 0.6) is 0 Å². The predicted molar refractivity (Wildman–Crippen MR) is 54.4 cm³/mol. The van der Waals surface area contributed by atoms with Gasteiger partial charge in [-0.1, -0.05) is 0 Å². The van der Waals surface area contributed by atoms with Gasteiger partial charge in [0.25, 0.3) is 5.92 Å². The summed E-state index contributed by atoms with van der Waals surface area (Å²) in [5, 5.41) is 8.50. The van der Waals surface area contributed by atoms with Crippen molar-refractivity contribution in [3.63, 3.8) is 0 Å². The van der Waals surface area contributed by atoms with E-state index in [2.05, 4.69) is 0 Å². The van der Waals surface area contributed by atoms with E-state index in [4.69, 9.17) is 16.6 Å². The van der Waals surface area contributed by atoms with E-state index in [-0.39, 0.29) is 11.3 Å². The van der Waals surface area contributed by atoms with Gasteiger partial charge in [-0.15, -0.1) is 0 Å². The highest BCUT2D eigenvalue weighted by Crippen LogP contribution is 2.33. The van der Waals surface area contributed by atoms with Gasteiger partial charge in [0, 0.05) is 17.3 Å². The van der Waals surface area contributed by atoms with Crippen LogP contribution in [0.1, 0.15) is 24.1 Å². The van der Waals surface area contributed by atoms with Gasteiger partial charge in [-0.25, -0.2) is 4.39 Å². The Morgan fingerprint density at radius 3 is 2.44 bits per heavy atom. The summed E-state index contributed by atoms with van der Waals surface area (Å²) in [5.74, 6) is -4.79. The summed E-state index contributed by atoms with van der Waals surface area (Å²) in [5.41, 5.74) is 9.77. The van der Waals surface area contributed by atoms with Crippen molar-refractivity contribution < 1.29 is 18.3 Å². The molecule has 0 aliphatic carbocycles. The number of hydrogen-bond acceptors (Lipinski definition) is 3. The van der Waals surface area contributed by atoms with E-state index in [0.717, 1.165) is 6.07 Å². The van der Waals surface area contributed by atoms with Crippen LogP contribution in [0.15, 0.2) is 12.1 Å². The first-order valence-corrected chi connectivity index (χ1v) is 4.63. The summed E-state index contributed by atoms with van der Waals surface area (Å²) in [7, 11) is 0. The first kappa shape index (κ1) is 12.8. The molecule has 0 aromatic heterocycles. The zero-order valence-corrected chi connectivity index (χ0v) is 8.67. The Labute approximate surface area is 90.9 Å². The minimum absolute atomic E-state index is 0.0168. The van der Waals surface area contributed by atoms with Crippen molar-refractivity contribution in [2.24, 2.45) is 5.73 Å². The molecular weight excluding hydrogens is 221 g/mol. The zero-order valence-electron chi connectivity index (χ0n) is 8.67. The van der Waals surface area contributed by atoms with Gasteiger partial charge in [0.05, 0.1) is 5.56 Å². The lowest BCUT2D eigenvalue weighted by atomic mass is 9.99. The number of aliphatic hydroxyl groups is 1. The molecule has 1 aromatic carbocycles. The fourth-order valence-corrected chi connectivity index (χ4v) is 1.35. The maximum Gasteiger partial charge on any atom is 0.298 e. The van der Waals surface area contributed by atoms with E-state index < -0.39 is 30.0 Å². The maximum absolute atomic E-state index is 13.7. The highest BCUT2D eigenvalue weighted by Gasteiger charge is 2.35. The Bertz CT molecular complexity index is 394. The Kier molecular flexibility index (Phi) is 3.44. The topological polar surface area (TPSA) is 72.3 Å². The maximum atomic E-state index is 13.7. The zero-order chi connectivity index (χ0) is 12.5. The summed E-state index contributed by atoms with van der Waals surface area (Å²) in [6.45, 7) is -0.0233. The van der Waals surface area contributed by atoms with Crippen LogP contribution in [-0.4, -0.2) is 11.7 Å². The molecule has 0 spiro atoms. The Morgan fingerprint density at radius 2 is 2.00 bits per heavy atom. The summed E-state index contributed by atoms with van der Waals surface area (Å²) in [6.07, 6.45) is 0. The molecule has 0 saturated carbocycles. The van der Waals surface area contributed by atoms with Crippen LogP contribution in [0.2, 0.25) is 0 Å². The number of halogens is 3. The quantitative estimate of drug-likeness (QED) is 0.694. The molecule has 0 heterocycles. The average Bonchev–Trinajstić information content (AvgIpc) is 2.20. The second kappa shape index (κ2) is 4.31. The van der Waals surface area contributed by atoms with Crippen LogP contribution in [-0.2, 0) is 5.92 Å². The van der Waals surface area contributed by atoms with Crippen molar-refractivity contribution in [3.05, 3.63) is 29.1 Å². The number of rotatable bonds is 3. The van der Waals surface area contributed by atoms with Gasteiger partial charge in [-0.2, -0.15) is 8.78 Å². The Hall–Kier alpha value is -1.27. The van der Waals surface area contributed by atoms with Crippen molar-refractivity contribution in [1.82, 2.24) is 0 Å². The third-order valence-corrected chi connectivity index (χ3v) is 2.21. The molecule has 0 saturated heterocycles. The lowest BCUT2D eigenvalue weighted by molar-refractivity contribution is -0.0583. The standard InChI is InChI=1S/C10H13F3N2O/c1-5(14)7-2-6(15)3-8(9(7)11)10(12,13)4-16/h2-3,5,16H,4,14-15H2,1H3/t5-/m1/s1. The normalized spacial score (nSPS) is 13.9. The van der Waals surface area contributed by atoms with Gasteiger partial charge in [0.2, 0.25) is 0 Å².